The monoisotopic (exact) mass is 274 g/mol. The first kappa shape index (κ1) is 15.0. The van der Waals surface area contributed by atoms with Gasteiger partial charge in [0.25, 0.3) is 0 Å². The second kappa shape index (κ2) is 7.44. The van der Waals surface area contributed by atoms with Gasteiger partial charge in [-0.25, -0.2) is 0 Å². The van der Waals surface area contributed by atoms with Crippen molar-refractivity contribution < 1.29 is 4.79 Å². The summed E-state index contributed by atoms with van der Waals surface area (Å²) in [4.78, 5) is 11.1. The highest BCUT2D eigenvalue weighted by Gasteiger charge is 2.25. The number of rotatable bonds is 6. The number of carbonyl (C=O) groups excluding carboxylic acids is 1. The molecule has 1 saturated carbocycles. The first-order valence-corrected chi connectivity index (χ1v) is 7.74. The Hall–Kier alpha value is -1.35. The van der Waals surface area contributed by atoms with Crippen molar-refractivity contribution in [2.75, 3.05) is 0 Å². The lowest BCUT2D eigenvalue weighted by Crippen LogP contribution is -2.41. The molecule has 1 aromatic carbocycles. The Morgan fingerprint density at radius 2 is 1.90 bits per heavy atom. The van der Waals surface area contributed by atoms with Gasteiger partial charge in [-0.15, -0.1) is 0 Å². The molecule has 0 bridgehead atoms. The van der Waals surface area contributed by atoms with E-state index < -0.39 is 0 Å². The second-order valence-corrected chi connectivity index (χ2v) is 6.04. The van der Waals surface area contributed by atoms with Gasteiger partial charge in [0, 0.05) is 18.0 Å². The van der Waals surface area contributed by atoms with Crippen LogP contribution in [-0.2, 0) is 11.2 Å². The number of carbonyl (C=O) groups is 1. The summed E-state index contributed by atoms with van der Waals surface area (Å²) in [5.74, 6) is -0.0201. The molecule has 1 unspecified atom stereocenters. The fourth-order valence-electron chi connectivity index (χ4n) is 3.06. The van der Waals surface area contributed by atoms with E-state index in [9.17, 15) is 4.79 Å². The van der Waals surface area contributed by atoms with Crippen molar-refractivity contribution in [1.29, 1.82) is 0 Å². The first-order chi connectivity index (χ1) is 9.65. The lowest BCUT2D eigenvalue weighted by Gasteiger charge is -2.30. The molecule has 0 radical (unpaired) electrons. The molecule has 110 valence electrons. The van der Waals surface area contributed by atoms with Crippen LogP contribution < -0.4 is 11.1 Å². The van der Waals surface area contributed by atoms with E-state index >= 15 is 0 Å². The number of nitrogens with two attached hydrogens (primary N) is 1. The summed E-state index contributed by atoms with van der Waals surface area (Å²) in [6.45, 7) is 2.25. The molecule has 3 heteroatoms. The van der Waals surface area contributed by atoms with Crippen molar-refractivity contribution in [3.05, 3.63) is 35.9 Å². The lowest BCUT2D eigenvalue weighted by molar-refractivity contribution is -0.122. The molecule has 0 aliphatic heterocycles. The zero-order chi connectivity index (χ0) is 14.4. The Labute approximate surface area is 121 Å². The molecule has 0 saturated heterocycles. The van der Waals surface area contributed by atoms with Crippen LogP contribution in [0.2, 0.25) is 0 Å². The van der Waals surface area contributed by atoms with E-state index in [-0.39, 0.29) is 11.8 Å². The molecule has 20 heavy (non-hydrogen) atoms. The Kier molecular flexibility index (Phi) is 5.60. The van der Waals surface area contributed by atoms with E-state index in [0.29, 0.717) is 12.1 Å². The quantitative estimate of drug-likeness (QED) is 0.838. The molecule has 3 N–H and O–H groups in total. The summed E-state index contributed by atoms with van der Waals surface area (Å²) < 4.78 is 0. The van der Waals surface area contributed by atoms with Crippen LogP contribution in [0, 0.1) is 5.92 Å². The van der Waals surface area contributed by atoms with Gasteiger partial charge in [0.1, 0.15) is 0 Å². The zero-order valence-corrected chi connectivity index (χ0v) is 12.3. The summed E-state index contributed by atoms with van der Waals surface area (Å²) in [5.41, 5.74) is 6.77. The number of aryl methyl sites for hydroxylation is 1. The molecule has 0 heterocycles. The van der Waals surface area contributed by atoms with E-state index in [1.54, 1.807) is 0 Å². The van der Waals surface area contributed by atoms with Gasteiger partial charge in [-0.2, -0.15) is 0 Å². The van der Waals surface area contributed by atoms with Gasteiger partial charge in [0.05, 0.1) is 0 Å². The van der Waals surface area contributed by atoms with Gasteiger partial charge in [0.2, 0.25) is 5.91 Å². The van der Waals surface area contributed by atoms with Crippen molar-refractivity contribution >= 4 is 5.91 Å². The SMILES string of the molecule is CC(CCc1ccccc1)NC1CCC(C(N)=O)CC1. The molecule has 1 aromatic rings. The van der Waals surface area contributed by atoms with Crippen molar-refractivity contribution in [1.82, 2.24) is 5.32 Å². The van der Waals surface area contributed by atoms with Crippen molar-refractivity contribution in [2.45, 2.75) is 57.5 Å². The maximum absolute atomic E-state index is 11.1. The molecule has 0 spiro atoms. The van der Waals surface area contributed by atoms with E-state index in [1.165, 1.54) is 5.56 Å². The minimum Gasteiger partial charge on any atom is -0.369 e. The second-order valence-electron chi connectivity index (χ2n) is 6.04. The van der Waals surface area contributed by atoms with Crippen LogP contribution in [0.5, 0.6) is 0 Å². The highest BCUT2D eigenvalue weighted by atomic mass is 16.1. The van der Waals surface area contributed by atoms with Gasteiger partial charge >= 0.3 is 0 Å². The molecule has 0 aromatic heterocycles. The van der Waals surface area contributed by atoms with Crippen LogP contribution in [0.25, 0.3) is 0 Å². The normalized spacial score (nSPS) is 24.2. The summed E-state index contributed by atoms with van der Waals surface area (Å²) in [6.07, 6.45) is 6.30. The van der Waals surface area contributed by atoms with Crippen molar-refractivity contribution in [2.24, 2.45) is 11.7 Å². The molecule has 1 aliphatic carbocycles. The minimum absolute atomic E-state index is 0.104. The van der Waals surface area contributed by atoms with Crippen LogP contribution >= 0.6 is 0 Å². The summed E-state index contributed by atoms with van der Waals surface area (Å²) in [6, 6.07) is 11.7. The van der Waals surface area contributed by atoms with E-state index in [1.807, 2.05) is 0 Å². The van der Waals surface area contributed by atoms with Gasteiger partial charge in [-0.05, 0) is 51.0 Å². The molecular weight excluding hydrogens is 248 g/mol. The molecule has 3 nitrogen and oxygen atoms in total. The predicted molar refractivity (Wildman–Crippen MR) is 82.3 cm³/mol. The number of amides is 1. The molecular formula is C17H26N2O. The van der Waals surface area contributed by atoms with Gasteiger partial charge in [-0.3, -0.25) is 4.79 Å². The number of benzene rings is 1. The Bertz CT molecular complexity index is 410. The standard InChI is InChI=1S/C17H26N2O/c1-13(7-8-14-5-3-2-4-6-14)19-16-11-9-15(10-12-16)17(18)20/h2-6,13,15-16,19H,7-12H2,1H3,(H2,18,20). The van der Waals surface area contributed by atoms with E-state index in [2.05, 4.69) is 42.6 Å². The van der Waals surface area contributed by atoms with Gasteiger partial charge in [-0.1, -0.05) is 30.3 Å². The number of nitrogens with one attached hydrogen (secondary N) is 1. The summed E-state index contributed by atoms with van der Waals surface area (Å²) in [7, 11) is 0. The number of primary amides is 1. The molecule has 1 amide bonds. The first-order valence-electron chi connectivity index (χ1n) is 7.74. The van der Waals surface area contributed by atoms with Crippen LogP contribution in [0.4, 0.5) is 0 Å². The average molecular weight is 274 g/mol. The Morgan fingerprint density at radius 1 is 1.25 bits per heavy atom. The van der Waals surface area contributed by atoms with Crippen LogP contribution in [0.3, 0.4) is 0 Å². The number of hydrogen-bond donors (Lipinski definition) is 2. The third-order valence-electron chi connectivity index (χ3n) is 4.36. The average Bonchev–Trinajstić information content (AvgIpc) is 2.47. The van der Waals surface area contributed by atoms with Crippen LogP contribution in [0.15, 0.2) is 30.3 Å². The van der Waals surface area contributed by atoms with E-state index in [4.69, 9.17) is 5.73 Å². The van der Waals surface area contributed by atoms with E-state index in [0.717, 1.165) is 38.5 Å². The predicted octanol–water partition coefficient (Wildman–Crippen LogP) is 2.64. The summed E-state index contributed by atoms with van der Waals surface area (Å²) in [5, 5.41) is 3.70. The fourth-order valence-corrected chi connectivity index (χ4v) is 3.06. The third-order valence-corrected chi connectivity index (χ3v) is 4.36. The lowest BCUT2D eigenvalue weighted by atomic mass is 9.85. The van der Waals surface area contributed by atoms with Gasteiger partial charge in [0.15, 0.2) is 0 Å². The molecule has 1 atom stereocenters. The smallest absolute Gasteiger partial charge is 0.220 e. The molecule has 1 fully saturated rings. The third kappa shape index (κ3) is 4.64. The summed E-state index contributed by atoms with van der Waals surface area (Å²) >= 11 is 0. The van der Waals surface area contributed by atoms with Crippen LogP contribution in [0.1, 0.15) is 44.6 Å². The number of hydrogen-bond acceptors (Lipinski definition) is 2. The molecule has 2 rings (SSSR count). The highest BCUT2D eigenvalue weighted by Crippen LogP contribution is 2.24. The fraction of sp³-hybridized carbons (Fsp3) is 0.588. The van der Waals surface area contributed by atoms with Crippen LogP contribution in [-0.4, -0.2) is 18.0 Å². The Balaban J connectivity index is 1.68. The zero-order valence-electron chi connectivity index (χ0n) is 12.3. The molecule has 1 aliphatic rings. The Morgan fingerprint density at radius 3 is 2.50 bits per heavy atom. The van der Waals surface area contributed by atoms with Gasteiger partial charge < -0.3 is 11.1 Å². The van der Waals surface area contributed by atoms with Crippen molar-refractivity contribution in [3.8, 4) is 0 Å². The highest BCUT2D eigenvalue weighted by molar-refractivity contribution is 5.76. The topological polar surface area (TPSA) is 55.1 Å². The maximum atomic E-state index is 11.1. The van der Waals surface area contributed by atoms with Crippen molar-refractivity contribution in [3.63, 3.8) is 0 Å². The minimum atomic E-state index is -0.124. The largest absolute Gasteiger partial charge is 0.369 e. The maximum Gasteiger partial charge on any atom is 0.220 e.